The van der Waals surface area contributed by atoms with Crippen LogP contribution in [0, 0.1) is 12.3 Å². The molecule has 0 unspecified atom stereocenters. The van der Waals surface area contributed by atoms with Gasteiger partial charge < -0.3 is 5.73 Å². The topological polar surface area (TPSA) is 72.2 Å². The third-order valence-corrected chi connectivity index (χ3v) is 5.95. The highest BCUT2D eigenvalue weighted by Crippen LogP contribution is 2.37. The molecule has 1 aliphatic rings. The Morgan fingerprint density at radius 2 is 1.95 bits per heavy atom. The first-order valence-corrected chi connectivity index (χ1v) is 8.65. The maximum absolute atomic E-state index is 12.4. The summed E-state index contributed by atoms with van der Waals surface area (Å²) in [5.74, 6) is 0. The molecule has 0 saturated heterocycles. The van der Waals surface area contributed by atoms with Crippen LogP contribution in [0.5, 0.6) is 0 Å². The van der Waals surface area contributed by atoms with E-state index in [4.69, 9.17) is 17.3 Å². The average molecular weight is 317 g/mol. The van der Waals surface area contributed by atoms with Gasteiger partial charge in [-0.3, -0.25) is 0 Å². The molecule has 2 rings (SSSR count). The maximum atomic E-state index is 12.4. The second kappa shape index (κ2) is 5.54. The standard InChI is InChI=1S/C14H21ClN2O2S/c1-10-7-11(15)12(16)8-13(10)20(18,19)17-9-14(2)5-3-4-6-14/h7-8,17H,3-6,9,16H2,1-2H3. The summed E-state index contributed by atoms with van der Waals surface area (Å²) in [6.45, 7) is 4.32. The summed E-state index contributed by atoms with van der Waals surface area (Å²) in [6.07, 6.45) is 4.48. The summed E-state index contributed by atoms with van der Waals surface area (Å²) in [5.41, 5.74) is 6.66. The summed E-state index contributed by atoms with van der Waals surface area (Å²) >= 11 is 5.90. The lowest BCUT2D eigenvalue weighted by Gasteiger charge is -2.24. The number of aryl methyl sites for hydroxylation is 1. The molecule has 4 nitrogen and oxygen atoms in total. The Balaban J connectivity index is 2.20. The number of nitrogen functional groups attached to an aromatic ring is 1. The van der Waals surface area contributed by atoms with Gasteiger partial charge in [0.1, 0.15) is 0 Å². The molecular weight excluding hydrogens is 296 g/mol. The smallest absolute Gasteiger partial charge is 0.240 e. The summed E-state index contributed by atoms with van der Waals surface area (Å²) in [6, 6.07) is 3.01. The summed E-state index contributed by atoms with van der Waals surface area (Å²) in [7, 11) is -3.54. The van der Waals surface area contributed by atoms with E-state index in [-0.39, 0.29) is 16.0 Å². The molecule has 112 valence electrons. The molecule has 3 N–H and O–H groups in total. The summed E-state index contributed by atoms with van der Waals surface area (Å²) < 4.78 is 27.5. The minimum Gasteiger partial charge on any atom is -0.397 e. The molecule has 0 heterocycles. The molecule has 0 aromatic heterocycles. The number of halogens is 1. The first-order valence-electron chi connectivity index (χ1n) is 6.79. The number of rotatable bonds is 4. The van der Waals surface area contributed by atoms with Gasteiger partial charge in [0.05, 0.1) is 15.6 Å². The zero-order valence-electron chi connectivity index (χ0n) is 11.9. The number of hydrogen-bond acceptors (Lipinski definition) is 3. The number of hydrogen-bond donors (Lipinski definition) is 2. The molecule has 0 atom stereocenters. The molecule has 0 spiro atoms. The van der Waals surface area contributed by atoms with Crippen molar-refractivity contribution in [2.45, 2.75) is 44.4 Å². The van der Waals surface area contributed by atoms with Crippen LogP contribution in [0.4, 0.5) is 5.69 Å². The molecule has 1 aromatic carbocycles. The first kappa shape index (κ1) is 15.6. The van der Waals surface area contributed by atoms with Crippen molar-refractivity contribution in [3.63, 3.8) is 0 Å². The van der Waals surface area contributed by atoms with Crippen molar-refractivity contribution in [1.29, 1.82) is 0 Å². The van der Waals surface area contributed by atoms with Crippen LogP contribution in [-0.2, 0) is 10.0 Å². The van der Waals surface area contributed by atoms with E-state index < -0.39 is 10.0 Å². The van der Waals surface area contributed by atoms with E-state index >= 15 is 0 Å². The SMILES string of the molecule is Cc1cc(Cl)c(N)cc1S(=O)(=O)NCC1(C)CCCC1. The zero-order chi connectivity index (χ0) is 15.0. The Hall–Kier alpha value is -0.780. The molecule has 0 radical (unpaired) electrons. The Kier molecular flexibility index (Phi) is 4.33. The van der Waals surface area contributed by atoms with Crippen LogP contribution < -0.4 is 10.5 Å². The van der Waals surface area contributed by atoms with Crippen LogP contribution in [0.1, 0.15) is 38.2 Å². The van der Waals surface area contributed by atoms with Gasteiger partial charge in [-0.05, 0) is 42.9 Å². The predicted molar refractivity (Wildman–Crippen MR) is 82.4 cm³/mol. The van der Waals surface area contributed by atoms with Crippen molar-refractivity contribution in [1.82, 2.24) is 4.72 Å². The minimum atomic E-state index is -3.54. The molecule has 6 heteroatoms. The van der Waals surface area contributed by atoms with E-state index in [1.54, 1.807) is 13.0 Å². The Bertz CT molecular complexity index is 608. The van der Waals surface area contributed by atoms with Crippen LogP contribution in [-0.4, -0.2) is 15.0 Å². The fourth-order valence-electron chi connectivity index (χ4n) is 2.71. The highest BCUT2D eigenvalue weighted by Gasteiger charge is 2.30. The molecule has 1 saturated carbocycles. The second-order valence-electron chi connectivity index (χ2n) is 5.98. The van der Waals surface area contributed by atoms with E-state index in [9.17, 15) is 8.42 Å². The third-order valence-electron chi connectivity index (χ3n) is 4.08. The molecular formula is C14H21ClN2O2S. The van der Waals surface area contributed by atoms with Gasteiger partial charge in [0, 0.05) is 6.54 Å². The molecule has 20 heavy (non-hydrogen) atoms. The van der Waals surface area contributed by atoms with E-state index in [1.807, 2.05) is 0 Å². The van der Waals surface area contributed by atoms with Crippen molar-refractivity contribution in [3.05, 3.63) is 22.7 Å². The second-order valence-corrected chi connectivity index (χ2v) is 8.12. The van der Waals surface area contributed by atoms with Crippen molar-refractivity contribution in [2.75, 3.05) is 12.3 Å². The molecule has 0 aliphatic heterocycles. The van der Waals surface area contributed by atoms with Crippen LogP contribution >= 0.6 is 11.6 Å². The number of sulfonamides is 1. The summed E-state index contributed by atoms with van der Waals surface area (Å²) in [5, 5.41) is 0.379. The predicted octanol–water partition coefficient (Wildman–Crippen LogP) is 3.09. The van der Waals surface area contributed by atoms with Gasteiger partial charge in [-0.25, -0.2) is 13.1 Å². The monoisotopic (exact) mass is 316 g/mol. The van der Waals surface area contributed by atoms with Gasteiger partial charge in [-0.15, -0.1) is 0 Å². The fraction of sp³-hybridized carbons (Fsp3) is 0.571. The summed E-state index contributed by atoms with van der Waals surface area (Å²) in [4.78, 5) is 0.209. The van der Waals surface area contributed by atoms with Gasteiger partial charge in [0.25, 0.3) is 0 Å². The van der Waals surface area contributed by atoms with Crippen molar-refractivity contribution >= 4 is 27.3 Å². The molecule has 0 bridgehead atoms. The van der Waals surface area contributed by atoms with E-state index in [0.29, 0.717) is 17.1 Å². The fourth-order valence-corrected chi connectivity index (χ4v) is 4.39. The van der Waals surface area contributed by atoms with Crippen LogP contribution in [0.25, 0.3) is 0 Å². The van der Waals surface area contributed by atoms with Crippen LogP contribution in [0.3, 0.4) is 0 Å². The lowest BCUT2D eigenvalue weighted by atomic mass is 9.89. The van der Waals surface area contributed by atoms with Gasteiger partial charge in [0.15, 0.2) is 0 Å². The third kappa shape index (κ3) is 3.27. The van der Waals surface area contributed by atoms with E-state index in [1.165, 1.54) is 18.9 Å². The van der Waals surface area contributed by atoms with Gasteiger partial charge >= 0.3 is 0 Å². The van der Waals surface area contributed by atoms with Gasteiger partial charge in [-0.1, -0.05) is 31.4 Å². The van der Waals surface area contributed by atoms with Crippen molar-refractivity contribution in [2.24, 2.45) is 5.41 Å². The van der Waals surface area contributed by atoms with Gasteiger partial charge in [-0.2, -0.15) is 0 Å². The average Bonchev–Trinajstić information content (AvgIpc) is 2.79. The quantitative estimate of drug-likeness (QED) is 0.838. The molecule has 1 aromatic rings. The molecule has 1 fully saturated rings. The molecule has 0 amide bonds. The number of anilines is 1. The molecule has 1 aliphatic carbocycles. The number of nitrogens with one attached hydrogen (secondary N) is 1. The van der Waals surface area contributed by atoms with E-state index in [2.05, 4.69) is 11.6 Å². The van der Waals surface area contributed by atoms with Crippen LogP contribution in [0.2, 0.25) is 5.02 Å². The Labute approximate surface area is 125 Å². The largest absolute Gasteiger partial charge is 0.397 e. The highest BCUT2D eigenvalue weighted by molar-refractivity contribution is 7.89. The van der Waals surface area contributed by atoms with Crippen LogP contribution in [0.15, 0.2) is 17.0 Å². The zero-order valence-corrected chi connectivity index (χ0v) is 13.4. The number of nitrogens with two attached hydrogens (primary N) is 1. The lowest BCUT2D eigenvalue weighted by molar-refractivity contribution is 0.336. The lowest BCUT2D eigenvalue weighted by Crippen LogP contribution is -2.34. The van der Waals surface area contributed by atoms with Crippen molar-refractivity contribution in [3.8, 4) is 0 Å². The Morgan fingerprint density at radius 3 is 2.55 bits per heavy atom. The number of benzene rings is 1. The van der Waals surface area contributed by atoms with Gasteiger partial charge in [0.2, 0.25) is 10.0 Å². The van der Waals surface area contributed by atoms with Crippen molar-refractivity contribution < 1.29 is 8.42 Å². The normalized spacial score (nSPS) is 18.4. The minimum absolute atomic E-state index is 0.0684. The first-order chi connectivity index (χ1) is 9.23. The highest BCUT2D eigenvalue weighted by atomic mass is 35.5. The Morgan fingerprint density at radius 1 is 1.35 bits per heavy atom. The van der Waals surface area contributed by atoms with E-state index in [0.717, 1.165) is 12.8 Å². The maximum Gasteiger partial charge on any atom is 0.240 e.